The molecule has 0 aliphatic carbocycles. The maximum absolute atomic E-state index is 9.07. The van der Waals surface area contributed by atoms with Crippen molar-refractivity contribution in [3.05, 3.63) is 34.9 Å². The predicted molar refractivity (Wildman–Crippen MR) is 42.1 cm³/mol. The molecule has 0 saturated carbocycles. The van der Waals surface area contributed by atoms with Gasteiger partial charge in [-0.1, -0.05) is 23.7 Å². The van der Waals surface area contributed by atoms with Gasteiger partial charge in [-0.2, -0.15) is 0 Å². The molecule has 1 rings (SSSR count). The third-order valence-electron chi connectivity index (χ3n) is 1.35. The van der Waals surface area contributed by atoms with E-state index in [1.165, 1.54) is 0 Å². The number of aliphatic hydroxyl groups is 1. The summed E-state index contributed by atoms with van der Waals surface area (Å²) in [5.41, 5.74) is 0.893. The van der Waals surface area contributed by atoms with Gasteiger partial charge in [0.1, 0.15) is 0 Å². The lowest BCUT2D eigenvalue weighted by atomic mass is 10.1. The second kappa shape index (κ2) is 3.04. The van der Waals surface area contributed by atoms with Gasteiger partial charge < -0.3 is 5.11 Å². The van der Waals surface area contributed by atoms with E-state index in [4.69, 9.17) is 16.7 Å². The fourth-order valence-corrected chi connectivity index (χ4v) is 0.867. The number of aliphatic hydroxyl groups excluding tert-OH is 1. The zero-order valence-corrected chi connectivity index (χ0v) is 6.47. The van der Waals surface area contributed by atoms with Crippen molar-refractivity contribution in [3.63, 3.8) is 0 Å². The first-order valence-electron chi connectivity index (χ1n) is 3.13. The molecular weight excluding hydrogens is 148 g/mol. The fourth-order valence-electron chi connectivity index (χ4n) is 0.741. The Balaban J connectivity index is 2.89. The molecule has 0 aliphatic heterocycles. The van der Waals surface area contributed by atoms with Crippen LogP contribution in [-0.2, 0) is 0 Å². The van der Waals surface area contributed by atoms with E-state index in [9.17, 15) is 0 Å². The summed E-state index contributed by atoms with van der Waals surface area (Å²) < 4.78 is 0. The zero-order valence-electron chi connectivity index (χ0n) is 5.71. The molecule has 54 valence electrons. The normalized spacial score (nSPS) is 13.1. The molecule has 2 heteroatoms. The van der Waals surface area contributed by atoms with Crippen molar-refractivity contribution in [2.45, 2.75) is 13.0 Å². The number of rotatable bonds is 1. The van der Waals surface area contributed by atoms with E-state index in [0.29, 0.717) is 5.02 Å². The molecule has 10 heavy (non-hydrogen) atoms. The van der Waals surface area contributed by atoms with Gasteiger partial charge in [-0.25, -0.2) is 0 Å². The van der Waals surface area contributed by atoms with Crippen LogP contribution in [0.4, 0.5) is 0 Å². The zero-order chi connectivity index (χ0) is 7.56. The molecule has 0 fully saturated rings. The SMILES string of the molecule is CC(O)c1ccc(Cl)cc1. The molecule has 0 amide bonds. The minimum absolute atomic E-state index is 0.405. The largest absolute Gasteiger partial charge is 0.389 e. The smallest absolute Gasteiger partial charge is 0.0761 e. The van der Waals surface area contributed by atoms with E-state index in [-0.39, 0.29) is 0 Å². The molecule has 0 aromatic heterocycles. The molecule has 1 unspecified atom stereocenters. The van der Waals surface area contributed by atoms with Crippen molar-refractivity contribution >= 4 is 11.6 Å². The molecule has 1 atom stereocenters. The lowest BCUT2D eigenvalue weighted by molar-refractivity contribution is 0.199. The lowest BCUT2D eigenvalue weighted by Crippen LogP contribution is -1.88. The molecule has 1 nitrogen and oxygen atoms in total. The maximum atomic E-state index is 9.07. The van der Waals surface area contributed by atoms with Gasteiger partial charge in [-0.15, -0.1) is 0 Å². The summed E-state index contributed by atoms with van der Waals surface area (Å²) in [4.78, 5) is 0. The van der Waals surface area contributed by atoms with Gasteiger partial charge in [0, 0.05) is 5.02 Å². The average Bonchev–Trinajstić information content (AvgIpc) is 1.88. The molecule has 0 heterocycles. The van der Waals surface area contributed by atoms with E-state index in [0.717, 1.165) is 5.56 Å². The van der Waals surface area contributed by atoms with Crippen molar-refractivity contribution in [2.75, 3.05) is 0 Å². The van der Waals surface area contributed by atoms with E-state index in [1.807, 2.05) is 12.1 Å². The Hall–Kier alpha value is -0.530. The van der Waals surface area contributed by atoms with Crippen LogP contribution in [0.5, 0.6) is 0 Å². The van der Waals surface area contributed by atoms with Gasteiger partial charge in [-0.3, -0.25) is 0 Å². The Morgan fingerprint density at radius 2 is 1.80 bits per heavy atom. The third kappa shape index (κ3) is 1.72. The fraction of sp³-hybridized carbons (Fsp3) is 0.250. The number of halogens is 1. The summed E-state index contributed by atoms with van der Waals surface area (Å²) in [6.07, 6.45) is -0.405. The molecule has 1 N–H and O–H groups in total. The van der Waals surface area contributed by atoms with Gasteiger partial charge in [0.25, 0.3) is 0 Å². The summed E-state index contributed by atoms with van der Waals surface area (Å²) in [6, 6.07) is 7.16. The van der Waals surface area contributed by atoms with Crippen molar-refractivity contribution < 1.29 is 5.11 Å². The second-order valence-corrected chi connectivity index (χ2v) is 2.66. The van der Waals surface area contributed by atoms with Crippen molar-refractivity contribution in [3.8, 4) is 0 Å². The first-order valence-corrected chi connectivity index (χ1v) is 3.51. The van der Waals surface area contributed by atoms with Crippen LogP contribution in [0.1, 0.15) is 18.6 Å². The minimum atomic E-state index is -0.405. The first-order chi connectivity index (χ1) is 4.70. The van der Waals surface area contributed by atoms with E-state index in [2.05, 4.69) is 0 Å². The Labute approximate surface area is 65.3 Å². The minimum Gasteiger partial charge on any atom is -0.389 e. The van der Waals surface area contributed by atoms with Gasteiger partial charge in [0.05, 0.1) is 6.10 Å². The van der Waals surface area contributed by atoms with E-state index >= 15 is 0 Å². The topological polar surface area (TPSA) is 20.2 Å². The summed E-state index contributed by atoms with van der Waals surface area (Å²) >= 11 is 5.63. The molecule has 0 aliphatic rings. The molecular formula is C8H9ClO. The molecule has 1 aromatic carbocycles. The van der Waals surface area contributed by atoms with Crippen molar-refractivity contribution in [1.29, 1.82) is 0 Å². The standard InChI is InChI=1S/C8H9ClO/c1-6(10)7-2-4-8(9)5-3-7/h2-6,10H,1H3. The monoisotopic (exact) mass is 156 g/mol. The van der Waals surface area contributed by atoms with Crippen LogP contribution in [0.15, 0.2) is 24.3 Å². The first kappa shape index (κ1) is 7.58. The van der Waals surface area contributed by atoms with Crippen LogP contribution >= 0.6 is 11.6 Å². The van der Waals surface area contributed by atoms with Crippen LogP contribution in [0.3, 0.4) is 0 Å². The Morgan fingerprint density at radius 3 is 2.20 bits per heavy atom. The van der Waals surface area contributed by atoms with E-state index < -0.39 is 6.10 Å². The molecule has 0 saturated heterocycles. The number of hydrogen-bond donors (Lipinski definition) is 1. The maximum Gasteiger partial charge on any atom is 0.0761 e. The van der Waals surface area contributed by atoms with Crippen molar-refractivity contribution in [2.24, 2.45) is 0 Å². The van der Waals surface area contributed by atoms with Crippen LogP contribution in [0, 0.1) is 0 Å². The van der Waals surface area contributed by atoms with Gasteiger partial charge in [0.2, 0.25) is 0 Å². The summed E-state index contributed by atoms with van der Waals surface area (Å²) in [5, 5.41) is 9.77. The predicted octanol–water partition coefficient (Wildman–Crippen LogP) is 2.39. The second-order valence-electron chi connectivity index (χ2n) is 2.23. The molecule has 0 spiro atoms. The highest BCUT2D eigenvalue weighted by Crippen LogP contribution is 2.14. The average molecular weight is 157 g/mol. The summed E-state index contributed by atoms with van der Waals surface area (Å²) in [5.74, 6) is 0. The highest BCUT2D eigenvalue weighted by Gasteiger charge is 1.97. The van der Waals surface area contributed by atoms with Gasteiger partial charge >= 0.3 is 0 Å². The highest BCUT2D eigenvalue weighted by molar-refractivity contribution is 6.30. The van der Waals surface area contributed by atoms with Gasteiger partial charge in [0.15, 0.2) is 0 Å². The molecule has 1 aromatic rings. The lowest BCUT2D eigenvalue weighted by Gasteiger charge is -2.02. The number of benzene rings is 1. The Kier molecular flexibility index (Phi) is 2.30. The third-order valence-corrected chi connectivity index (χ3v) is 1.60. The van der Waals surface area contributed by atoms with Gasteiger partial charge in [-0.05, 0) is 24.6 Å². The summed E-state index contributed by atoms with van der Waals surface area (Å²) in [7, 11) is 0. The number of hydrogen-bond acceptors (Lipinski definition) is 1. The molecule has 0 bridgehead atoms. The quantitative estimate of drug-likeness (QED) is 0.662. The molecule has 0 radical (unpaired) electrons. The van der Waals surface area contributed by atoms with Crippen LogP contribution < -0.4 is 0 Å². The highest BCUT2D eigenvalue weighted by atomic mass is 35.5. The van der Waals surface area contributed by atoms with Crippen LogP contribution in [0.25, 0.3) is 0 Å². The van der Waals surface area contributed by atoms with E-state index in [1.54, 1.807) is 19.1 Å². The van der Waals surface area contributed by atoms with Crippen LogP contribution in [0.2, 0.25) is 5.02 Å². The summed E-state index contributed by atoms with van der Waals surface area (Å²) in [6.45, 7) is 1.73. The van der Waals surface area contributed by atoms with Crippen LogP contribution in [-0.4, -0.2) is 5.11 Å². The Bertz CT molecular complexity index is 203. The van der Waals surface area contributed by atoms with Crippen molar-refractivity contribution in [1.82, 2.24) is 0 Å². The Morgan fingerprint density at radius 1 is 1.30 bits per heavy atom.